The summed E-state index contributed by atoms with van der Waals surface area (Å²) in [5, 5.41) is 11.4. The molecule has 2 aromatic heterocycles. The molecular formula is C20H24FN7O. The lowest BCUT2D eigenvalue weighted by Crippen LogP contribution is -2.43. The summed E-state index contributed by atoms with van der Waals surface area (Å²) in [6.45, 7) is 0. The lowest BCUT2D eigenvalue weighted by Gasteiger charge is -2.30. The van der Waals surface area contributed by atoms with E-state index in [0.717, 1.165) is 42.7 Å². The summed E-state index contributed by atoms with van der Waals surface area (Å²) < 4.78 is 16.3. The summed E-state index contributed by atoms with van der Waals surface area (Å²) in [7, 11) is 1.84. The first-order valence-electron chi connectivity index (χ1n) is 9.63. The summed E-state index contributed by atoms with van der Waals surface area (Å²) in [4.78, 5) is 16.2. The molecule has 1 fully saturated rings. The number of aromatic nitrogens is 3. The van der Waals surface area contributed by atoms with Crippen molar-refractivity contribution in [3.8, 4) is 0 Å². The highest BCUT2D eigenvalue weighted by Crippen LogP contribution is 2.27. The van der Waals surface area contributed by atoms with Crippen LogP contribution in [0.4, 0.5) is 21.7 Å². The fourth-order valence-corrected chi connectivity index (χ4v) is 3.75. The normalized spacial score (nSPS) is 19.3. The zero-order valence-electron chi connectivity index (χ0n) is 16.2. The number of hydrogen-bond acceptors (Lipinski definition) is 6. The van der Waals surface area contributed by atoms with Crippen molar-refractivity contribution >= 4 is 34.1 Å². The smallest absolute Gasteiger partial charge is 0.252 e. The summed E-state index contributed by atoms with van der Waals surface area (Å²) >= 11 is 0. The number of nitrogens with zero attached hydrogens (tertiary/aromatic N) is 3. The van der Waals surface area contributed by atoms with E-state index in [1.165, 1.54) is 0 Å². The third-order valence-corrected chi connectivity index (χ3v) is 5.26. The molecular weight excluding hydrogens is 373 g/mol. The monoisotopic (exact) mass is 397 g/mol. The highest BCUT2D eigenvalue weighted by atomic mass is 19.1. The number of primary amides is 1. The maximum absolute atomic E-state index is 14.6. The Morgan fingerprint density at radius 1 is 1.24 bits per heavy atom. The van der Waals surface area contributed by atoms with Gasteiger partial charge < -0.3 is 22.1 Å². The Bertz CT molecular complexity index is 1060. The molecule has 0 saturated heterocycles. The molecule has 29 heavy (non-hydrogen) atoms. The van der Waals surface area contributed by atoms with Crippen molar-refractivity contribution in [1.29, 1.82) is 0 Å². The summed E-state index contributed by atoms with van der Waals surface area (Å²) in [6, 6.07) is 6.52. The maximum atomic E-state index is 14.6. The fraction of sp³-hybridized carbons (Fsp3) is 0.350. The van der Waals surface area contributed by atoms with Crippen LogP contribution < -0.4 is 22.1 Å². The lowest BCUT2D eigenvalue weighted by atomic mass is 9.91. The third-order valence-electron chi connectivity index (χ3n) is 5.26. The molecule has 0 bridgehead atoms. The molecule has 9 heteroatoms. The van der Waals surface area contributed by atoms with E-state index < -0.39 is 11.7 Å². The van der Waals surface area contributed by atoms with Crippen LogP contribution in [-0.2, 0) is 7.05 Å². The molecule has 1 amide bonds. The van der Waals surface area contributed by atoms with E-state index in [0.29, 0.717) is 5.69 Å². The zero-order valence-corrected chi connectivity index (χ0v) is 16.2. The molecule has 4 rings (SSSR count). The number of halogens is 1. The Labute approximate surface area is 167 Å². The van der Waals surface area contributed by atoms with Crippen LogP contribution in [0.1, 0.15) is 36.0 Å². The van der Waals surface area contributed by atoms with Crippen molar-refractivity contribution in [3.63, 3.8) is 0 Å². The quantitative estimate of drug-likeness (QED) is 0.525. The number of benzene rings is 1. The van der Waals surface area contributed by atoms with Gasteiger partial charge in [0, 0.05) is 36.4 Å². The minimum Gasteiger partial charge on any atom is -0.365 e. The molecule has 2 heterocycles. The number of hydrogen-bond donors (Lipinski definition) is 4. The molecule has 6 N–H and O–H groups in total. The third kappa shape index (κ3) is 4.00. The second-order valence-corrected chi connectivity index (χ2v) is 7.48. The van der Waals surface area contributed by atoms with Gasteiger partial charge in [-0.2, -0.15) is 5.10 Å². The van der Waals surface area contributed by atoms with Gasteiger partial charge in [0.25, 0.3) is 5.91 Å². The van der Waals surface area contributed by atoms with Crippen LogP contribution in [0.3, 0.4) is 0 Å². The van der Waals surface area contributed by atoms with Crippen LogP contribution in [-0.4, -0.2) is 32.8 Å². The Kier molecular flexibility index (Phi) is 5.06. The first kappa shape index (κ1) is 19.1. The molecule has 1 aromatic carbocycles. The highest BCUT2D eigenvalue weighted by Gasteiger charge is 2.24. The van der Waals surface area contributed by atoms with Crippen LogP contribution in [0, 0.1) is 5.82 Å². The van der Waals surface area contributed by atoms with Gasteiger partial charge in [0.2, 0.25) is 0 Å². The molecule has 0 aliphatic heterocycles. The van der Waals surface area contributed by atoms with Gasteiger partial charge in [0.15, 0.2) is 11.6 Å². The van der Waals surface area contributed by atoms with Crippen LogP contribution >= 0.6 is 0 Å². The molecule has 0 radical (unpaired) electrons. The minimum absolute atomic E-state index is 0.0210. The molecule has 2 atom stereocenters. The molecule has 1 aliphatic carbocycles. The summed E-state index contributed by atoms with van der Waals surface area (Å²) in [5.41, 5.74) is 13.1. The zero-order chi connectivity index (χ0) is 20.5. The van der Waals surface area contributed by atoms with Gasteiger partial charge in [-0.3, -0.25) is 9.48 Å². The van der Waals surface area contributed by atoms with Gasteiger partial charge in [-0.05, 0) is 37.1 Å². The fourth-order valence-electron chi connectivity index (χ4n) is 3.75. The average Bonchev–Trinajstić information content (AvgIpc) is 3.05. The Hall–Kier alpha value is -3.20. The maximum Gasteiger partial charge on any atom is 0.252 e. The van der Waals surface area contributed by atoms with Gasteiger partial charge in [-0.25, -0.2) is 9.37 Å². The second kappa shape index (κ2) is 7.67. The van der Waals surface area contributed by atoms with Crippen molar-refractivity contribution in [2.75, 3.05) is 10.6 Å². The van der Waals surface area contributed by atoms with E-state index >= 15 is 0 Å². The standard InChI is InChI=1S/C20H24FN7O/c1-28-10-11-8-12(6-7-16(11)27-28)24-19-13(18(23)29)9-14(21)20(26-19)25-17-5-3-2-4-15(17)22/h6-10,15,17H,2-5,22H2,1H3,(H2,23,29)(H2,24,25,26)/t15-,17+/m0/s1. The van der Waals surface area contributed by atoms with Gasteiger partial charge in [-0.1, -0.05) is 12.8 Å². The predicted octanol–water partition coefficient (Wildman–Crippen LogP) is 2.63. The summed E-state index contributed by atoms with van der Waals surface area (Å²) in [5.74, 6) is -1.15. The van der Waals surface area contributed by atoms with Crippen molar-refractivity contribution in [2.45, 2.75) is 37.8 Å². The van der Waals surface area contributed by atoms with Crippen LogP contribution in [0.5, 0.6) is 0 Å². The number of nitrogens with two attached hydrogens (primary N) is 2. The number of rotatable bonds is 5. The first-order valence-corrected chi connectivity index (χ1v) is 9.63. The number of aryl methyl sites for hydroxylation is 1. The molecule has 1 saturated carbocycles. The van der Waals surface area contributed by atoms with Gasteiger partial charge in [0.1, 0.15) is 5.82 Å². The van der Waals surface area contributed by atoms with Crippen molar-refractivity contribution in [3.05, 3.63) is 41.8 Å². The van der Waals surface area contributed by atoms with E-state index in [2.05, 4.69) is 20.7 Å². The van der Waals surface area contributed by atoms with E-state index in [-0.39, 0.29) is 29.3 Å². The second-order valence-electron chi connectivity index (χ2n) is 7.48. The minimum atomic E-state index is -0.762. The number of carbonyl (C=O) groups is 1. The van der Waals surface area contributed by atoms with Crippen LogP contribution in [0.15, 0.2) is 30.5 Å². The molecule has 152 valence electrons. The molecule has 0 spiro atoms. The van der Waals surface area contributed by atoms with E-state index in [9.17, 15) is 9.18 Å². The van der Waals surface area contributed by atoms with E-state index in [4.69, 9.17) is 11.5 Å². The van der Waals surface area contributed by atoms with Gasteiger partial charge in [0.05, 0.1) is 11.1 Å². The Morgan fingerprint density at radius 2 is 2.03 bits per heavy atom. The number of amides is 1. The lowest BCUT2D eigenvalue weighted by molar-refractivity contribution is 0.100. The molecule has 8 nitrogen and oxygen atoms in total. The van der Waals surface area contributed by atoms with Gasteiger partial charge >= 0.3 is 0 Å². The Balaban J connectivity index is 1.66. The SMILES string of the molecule is Cn1cc2cc(Nc3nc(N[C@@H]4CCCC[C@@H]4N)c(F)cc3C(N)=O)ccc2n1. The molecule has 0 unspecified atom stereocenters. The van der Waals surface area contributed by atoms with E-state index in [1.807, 2.05) is 31.4 Å². The number of nitrogens with one attached hydrogen (secondary N) is 2. The largest absolute Gasteiger partial charge is 0.365 e. The highest BCUT2D eigenvalue weighted by molar-refractivity contribution is 5.99. The van der Waals surface area contributed by atoms with Crippen molar-refractivity contribution < 1.29 is 9.18 Å². The number of pyridine rings is 1. The van der Waals surface area contributed by atoms with Gasteiger partial charge in [-0.15, -0.1) is 0 Å². The molecule has 3 aromatic rings. The summed E-state index contributed by atoms with van der Waals surface area (Å²) in [6.07, 6.45) is 5.71. The number of anilines is 3. The predicted molar refractivity (Wildman–Crippen MR) is 111 cm³/mol. The number of fused-ring (bicyclic) bond motifs is 1. The molecule has 1 aliphatic rings. The van der Waals surface area contributed by atoms with Crippen molar-refractivity contribution in [2.24, 2.45) is 18.5 Å². The number of carbonyl (C=O) groups excluding carboxylic acids is 1. The first-order chi connectivity index (χ1) is 13.9. The van der Waals surface area contributed by atoms with E-state index in [1.54, 1.807) is 4.68 Å². The Morgan fingerprint density at radius 3 is 2.79 bits per heavy atom. The average molecular weight is 397 g/mol. The van der Waals surface area contributed by atoms with Crippen molar-refractivity contribution in [1.82, 2.24) is 14.8 Å². The topological polar surface area (TPSA) is 124 Å². The van der Waals surface area contributed by atoms with Crippen LogP contribution in [0.25, 0.3) is 10.9 Å². The van der Waals surface area contributed by atoms with Crippen LogP contribution in [0.2, 0.25) is 0 Å².